The lowest BCUT2D eigenvalue weighted by molar-refractivity contribution is 0.296. The predicted octanol–water partition coefficient (Wildman–Crippen LogP) is 3.02. The predicted molar refractivity (Wildman–Crippen MR) is 67.7 cm³/mol. The molecule has 3 nitrogen and oxygen atoms in total. The lowest BCUT2D eigenvalue weighted by Gasteiger charge is -1.96. The third-order valence-electron chi connectivity index (χ3n) is 1.98. The summed E-state index contributed by atoms with van der Waals surface area (Å²) >= 11 is 3.40. The summed E-state index contributed by atoms with van der Waals surface area (Å²) in [7, 11) is 0. The average molecular weight is 255 g/mol. The Morgan fingerprint density at radius 1 is 1.50 bits per heavy atom. The van der Waals surface area contributed by atoms with E-state index in [1.807, 2.05) is 12.1 Å². The van der Waals surface area contributed by atoms with E-state index in [0.717, 1.165) is 34.4 Å². The monoisotopic (exact) mass is 255 g/mol. The normalized spacial score (nSPS) is 10.8. The van der Waals surface area contributed by atoms with Gasteiger partial charge in [-0.2, -0.15) is 11.8 Å². The molecule has 0 aliphatic heterocycles. The summed E-state index contributed by atoms with van der Waals surface area (Å²) in [4.78, 5) is 4.49. The van der Waals surface area contributed by atoms with E-state index < -0.39 is 0 Å². The molecular formula is C11H13NO2S2. The minimum absolute atomic E-state index is 0.266. The first-order valence-corrected chi connectivity index (χ1v) is 7.10. The van der Waals surface area contributed by atoms with E-state index in [1.54, 1.807) is 29.4 Å². The van der Waals surface area contributed by atoms with Crippen LogP contribution in [0.3, 0.4) is 0 Å². The van der Waals surface area contributed by atoms with Crippen LogP contribution in [0.15, 0.2) is 28.2 Å². The van der Waals surface area contributed by atoms with Gasteiger partial charge in [-0.15, -0.1) is 11.3 Å². The molecule has 0 radical (unpaired) electrons. The van der Waals surface area contributed by atoms with E-state index in [1.165, 1.54) is 0 Å². The van der Waals surface area contributed by atoms with Crippen molar-refractivity contribution in [1.82, 2.24) is 4.98 Å². The number of aliphatic hydroxyl groups excluding tert-OH is 1. The van der Waals surface area contributed by atoms with Gasteiger partial charge in [0.1, 0.15) is 0 Å². The zero-order valence-electron chi connectivity index (χ0n) is 8.76. The molecule has 2 rings (SSSR count). The van der Waals surface area contributed by atoms with Gasteiger partial charge in [-0.3, -0.25) is 0 Å². The second-order valence-electron chi connectivity index (χ2n) is 3.25. The Hall–Kier alpha value is -0.780. The first-order chi connectivity index (χ1) is 7.90. The fraction of sp³-hybridized carbons (Fsp3) is 0.364. The van der Waals surface area contributed by atoms with Gasteiger partial charge in [-0.25, -0.2) is 4.98 Å². The molecule has 16 heavy (non-hydrogen) atoms. The maximum Gasteiger partial charge on any atom is 0.162 e. The van der Waals surface area contributed by atoms with Gasteiger partial charge in [0.2, 0.25) is 0 Å². The van der Waals surface area contributed by atoms with Gasteiger partial charge < -0.3 is 9.52 Å². The highest BCUT2D eigenvalue weighted by atomic mass is 32.2. The standard InChI is InChI=1S/C11H13NO2S2/c13-4-2-6-15-7-9-8-16-11(12-9)10-3-1-5-14-10/h1,3,5,8,13H,2,4,6-7H2. The van der Waals surface area contributed by atoms with Crippen molar-refractivity contribution in [3.63, 3.8) is 0 Å². The summed E-state index contributed by atoms with van der Waals surface area (Å²) < 4.78 is 5.28. The van der Waals surface area contributed by atoms with Crippen molar-refractivity contribution in [2.45, 2.75) is 12.2 Å². The van der Waals surface area contributed by atoms with Crippen LogP contribution in [0, 0.1) is 0 Å². The first kappa shape index (κ1) is 11.7. The number of hydrogen-bond donors (Lipinski definition) is 1. The SMILES string of the molecule is OCCCSCc1csc(-c2ccco2)n1. The number of aliphatic hydroxyl groups is 1. The summed E-state index contributed by atoms with van der Waals surface area (Å²) in [6.07, 6.45) is 2.51. The molecule has 5 heteroatoms. The van der Waals surface area contributed by atoms with Crippen LogP contribution in [-0.2, 0) is 5.75 Å². The average Bonchev–Trinajstić information content (AvgIpc) is 2.94. The number of hydrogen-bond acceptors (Lipinski definition) is 5. The van der Waals surface area contributed by atoms with E-state index in [9.17, 15) is 0 Å². The van der Waals surface area contributed by atoms with Gasteiger partial charge in [0.15, 0.2) is 10.8 Å². The van der Waals surface area contributed by atoms with Crippen LogP contribution < -0.4 is 0 Å². The molecule has 2 aromatic heterocycles. The minimum Gasteiger partial charge on any atom is -0.462 e. The van der Waals surface area contributed by atoms with Gasteiger partial charge in [0, 0.05) is 17.7 Å². The minimum atomic E-state index is 0.266. The summed E-state index contributed by atoms with van der Waals surface area (Å²) in [5, 5.41) is 11.6. The van der Waals surface area contributed by atoms with Crippen LogP contribution in [0.1, 0.15) is 12.1 Å². The smallest absolute Gasteiger partial charge is 0.162 e. The van der Waals surface area contributed by atoms with Crippen molar-refractivity contribution in [3.05, 3.63) is 29.5 Å². The first-order valence-electron chi connectivity index (χ1n) is 5.07. The largest absolute Gasteiger partial charge is 0.462 e. The van der Waals surface area contributed by atoms with Crippen molar-refractivity contribution in [2.24, 2.45) is 0 Å². The van der Waals surface area contributed by atoms with Crippen molar-refractivity contribution in [2.75, 3.05) is 12.4 Å². The Morgan fingerprint density at radius 2 is 2.44 bits per heavy atom. The zero-order valence-corrected chi connectivity index (χ0v) is 10.4. The number of furan rings is 1. The fourth-order valence-electron chi connectivity index (χ4n) is 1.23. The van der Waals surface area contributed by atoms with Crippen LogP contribution in [0.2, 0.25) is 0 Å². The number of thiazole rings is 1. The van der Waals surface area contributed by atoms with Crippen LogP contribution >= 0.6 is 23.1 Å². The molecule has 0 spiro atoms. The molecule has 0 saturated carbocycles. The number of thioether (sulfide) groups is 1. The molecule has 0 saturated heterocycles. The summed E-state index contributed by atoms with van der Waals surface area (Å²) in [6.45, 7) is 0.266. The van der Waals surface area contributed by atoms with Gasteiger partial charge in [0.05, 0.1) is 12.0 Å². The van der Waals surface area contributed by atoms with Crippen molar-refractivity contribution in [3.8, 4) is 10.8 Å². The van der Waals surface area contributed by atoms with Crippen molar-refractivity contribution >= 4 is 23.1 Å². The molecule has 2 heterocycles. The summed E-state index contributed by atoms with van der Waals surface area (Å²) in [5.41, 5.74) is 1.08. The fourth-order valence-corrected chi connectivity index (χ4v) is 2.96. The van der Waals surface area contributed by atoms with Crippen molar-refractivity contribution < 1.29 is 9.52 Å². The van der Waals surface area contributed by atoms with E-state index >= 15 is 0 Å². The molecule has 0 aromatic carbocycles. The molecule has 2 aromatic rings. The maximum atomic E-state index is 8.65. The van der Waals surface area contributed by atoms with Crippen LogP contribution in [-0.4, -0.2) is 22.5 Å². The molecular weight excluding hydrogens is 242 g/mol. The van der Waals surface area contributed by atoms with Gasteiger partial charge in [-0.1, -0.05) is 0 Å². The highest BCUT2D eigenvalue weighted by Crippen LogP contribution is 2.25. The quantitative estimate of drug-likeness (QED) is 0.806. The second-order valence-corrected chi connectivity index (χ2v) is 5.21. The van der Waals surface area contributed by atoms with E-state index in [-0.39, 0.29) is 6.61 Å². The molecule has 0 amide bonds. The molecule has 0 aliphatic rings. The molecule has 0 bridgehead atoms. The number of nitrogens with zero attached hydrogens (tertiary/aromatic N) is 1. The molecule has 0 unspecified atom stereocenters. The molecule has 86 valence electrons. The lowest BCUT2D eigenvalue weighted by Crippen LogP contribution is -1.87. The lowest BCUT2D eigenvalue weighted by atomic mass is 10.5. The summed E-state index contributed by atoms with van der Waals surface area (Å²) in [6, 6.07) is 3.79. The Morgan fingerprint density at radius 3 is 3.19 bits per heavy atom. The molecule has 1 N–H and O–H groups in total. The van der Waals surface area contributed by atoms with Gasteiger partial charge >= 0.3 is 0 Å². The molecule has 0 aliphatic carbocycles. The number of rotatable bonds is 6. The Balaban J connectivity index is 1.88. The van der Waals surface area contributed by atoms with E-state index in [4.69, 9.17) is 9.52 Å². The maximum absolute atomic E-state index is 8.65. The van der Waals surface area contributed by atoms with Crippen LogP contribution in [0.4, 0.5) is 0 Å². The van der Waals surface area contributed by atoms with Gasteiger partial charge in [0.25, 0.3) is 0 Å². The highest BCUT2D eigenvalue weighted by molar-refractivity contribution is 7.98. The Kier molecular flexibility index (Phi) is 4.44. The van der Waals surface area contributed by atoms with Gasteiger partial charge in [-0.05, 0) is 24.3 Å². The third-order valence-corrected chi connectivity index (χ3v) is 3.96. The summed E-state index contributed by atoms with van der Waals surface area (Å²) in [5.74, 6) is 2.71. The zero-order chi connectivity index (χ0) is 11.2. The Labute approximate surface area is 103 Å². The van der Waals surface area contributed by atoms with Crippen LogP contribution in [0.5, 0.6) is 0 Å². The Bertz CT molecular complexity index is 411. The van der Waals surface area contributed by atoms with Crippen LogP contribution in [0.25, 0.3) is 10.8 Å². The third kappa shape index (κ3) is 3.10. The molecule has 0 fully saturated rings. The van der Waals surface area contributed by atoms with E-state index in [0.29, 0.717) is 0 Å². The number of aromatic nitrogens is 1. The molecule has 0 atom stereocenters. The van der Waals surface area contributed by atoms with Crippen molar-refractivity contribution in [1.29, 1.82) is 0 Å². The second kappa shape index (κ2) is 6.08. The van der Waals surface area contributed by atoms with E-state index in [2.05, 4.69) is 10.4 Å². The topological polar surface area (TPSA) is 46.3 Å². The highest BCUT2D eigenvalue weighted by Gasteiger charge is 2.06.